The summed E-state index contributed by atoms with van der Waals surface area (Å²) in [6.07, 6.45) is 4.77. The first-order valence-corrected chi connectivity index (χ1v) is 13.3. The Labute approximate surface area is 223 Å². The molecular weight excluding hydrogens is 563 g/mol. The summed E-state index contributed by atoms with van der Waals surface area (Å²) in [4.78, 5) is 9.47. The molecule has 3 aromatic heterocycles. The van der Waals surface area contributed by atoms with E-state index in [-0.39, 0.29) is 3.92 Å². The lowest BCUT2D eigenvalue weighted by Gasteiger charge is -2.08. The van der Waals surface area contributed by atoms with Gasteiger partial charge in [0, 0.05) is 36.0 Å². The number of fused-ring (bicyclic) bond motifs is 1. The number of alkyl halides is 1. The van der Waals surface area contributed by atoms with E-state index in [4.69, 9.17) is 15.1 Å². The van der Waals surface area contributed by atoms with Gasteiger partial charge in [-0.25, -0.2) is 14.8 Å². The van der Waals surface area contributed by atoms with Gasteiger partial charge < -0.3 is 0 Å². The van der Waals surface area contributed by atoms with Crippen LogP contribution in [-0.2, 0) is 13.0 Å². The van der Waals surface area contributed by atoms with Gasteiger partial charge in [0.05, 0.1) is 3.92 Å². The molecule has 1 N–H and O–H groups in total. The molecule has 0 saturated carbocycles. The summed E-state index contributed by atoms with van der Waals surface area (Å²) >= 11 is 2.35. The largest absolute Gasteiger partial charge is 0.260 e. The number of aromatic amines is 1. The number of unbranched alkanes of at least 4 members (excludes halogenated alkanes) is 1. The van der Waals surface area contributed by atoms with Crippen molar-refractivity contribution in [2.45, 2.75) is 43.6 Å². The van der Waals surface area contributed by atoms with E-state index < -0.39 is 0 Å². The molecule has 0 aliphatic heterocycles. The summed E-state index contributed by atoms with van der Waals surface area (Å²) in [5.74, 6) is 2.49. The summed E-state index contributed by atoms with van der Waals surface area (Å²) in [7, 11) is 0. The lowest BCUT2D eigenvalue weighted by molar-refractivity contribution is 0.545. The average Bonchev–Trinajstić information content (AvgIpc) is 3.31. The Balaban J connectivity index is 0.000000382. The first kappa shape index (κ1) is 24.2. The van der Waals surface area contributed by atoms with Crippen LogP contribution in [0.3, 0.4) is 0 Å². The molecule has 4 aromatic rings. The Kier molecular flexibility index (Phi) is 7.45. The van der Waals surface area contributed by atoms with E-state index in [0.717, 1.165) is 53.4 Å². The number of rotatable bonds is 8. The van der Waals surface area contributed by atoms with Crippen molar-refractivity contribution in [3.05, 3.63) is 84.2 Å². The summed E-state index contributed by atoms with van der Waals surface area (Å²) in [6.45, 7) is 5.18. The molecule has 0 radical (unpaired) electrons. The zero-order valence-electron chi connectivity index (χ0n) is 20.3. The monoisotopic (exact) mass is 590 g/mol. The van der Waals surface area contributed by atoms with Crippen molar-refractivity contribution >= 4 is 22.6 Å². The standard InChI is InChI=1S/C21H23IN8.C6H4/c1-3-4-11-30-19(24-20(27-30)14(2)22)12-16-10-9-15(13-23-16)17-7-5-6-8-18(17)21-25-28-29-26-21;1-2-5-4-6(5)3-1/h5-10,13-14H,3-4,11-12H2,1-2H3,(H,25,26,28,29);1-4H. The van der Waals surface area contributed by atoms with Crippen LogP contribution in [-0.4, -0.2) is 40.4 Å². The number of hydrogen-bond donors (Lipinski definition) is 1. The second kappa shape index (κ2) is 11.1. The van der Waals surface area contributed by atoms with Crippen molar-refractivity contribution in [2.75, 3.05) is 0 Å². The van der Waals surface area contributed by atoms with Gasteiger partial charge in [-0.1, -0.05) is 84.5 Å². The molecule has 36 heavy (non-hydrogen) atoms. The number of aryl methyl sites for hydroxylation is 1. The number of benzene rings is 2. The van der Waals surface area contributed by atoms with Crippen LogP contribution in [0.2, 0.25) is 0 Å². The fourth-order valence-electron chi connectivity index (χ4n) is 3.92. The van der Waals surface area contributed by atoms with Crippen LogP contribution >= 0.6 is 22.6 Å². The number of nitrogens with zero attached hydrogens (tertiary/aromatic N) is 7. The molecule has 8 nitrogen and oxygen atoms in total. The van der Waals surface area contributed by atoms with Gasteiger partial charge in [-0.05, 0) is 52.6 Å². The Morgan fingerprint density at radius 1 is 0.972 bits per heavy atom. The first-order chi connectivity index (χ1) is 17.6. The van der Waals surface area contributed by atoms with E-state index in [9.17, 15) is 0 Å². The van der Waals surface area contributed by atoms with Crippen LogP contribution in [0.1, 0.15) is 48.0 Å². The minimum Gasteiger partial charge on any atom is -0.260 e. The van der Waals surface area contributed by atoms with Gasteiger partial charge in [0.2, 0.25) is 0 Å². The topological polar surface area (TPSA) is 98.1 Å². The summed E-state index contributed by atoms with van der Waals surface area (Å²) in [5, 5.41) is 18.9. The van der Waals surface area contributed by atoms with E-state index in [1.165, 1.54) is 11.1 Å². The first-order valence-electron chi connectivity index (χ1n) is 12.1. The molecule has 1 aromatic carbocycles. The van der Waals surface area contributed by atoms with Crippen molar-refractivity contribution in [3.63, 3.8) is 0 Å². The number of H-pyrrole nitrogens is 1. The van der Waals surface area contributed by atoms with E-state index in [1.54, 1.807) is 0 Å². The van der Waals surface area contributed by atoms with Crippen molar-refractivity contribution in [1.82, 2.24) is 40.4 Å². The SMILES string of the molecule is CCCCn1nc(C(C)I)nc1Cc1ccc(-c2ccccc2-c2nnn[nH]2)cn1.c1cc2cc-2c1. The zero-order valence-corrected chi connectivity index (χ0v) is 22.4. The number of hydrogen-bond acceptors (Lipinski definition) is 6. The maximum Gasteiger partial charge on any atom is 0.180 e. The number of halogens is 1. The molecule has 182 valence electrons. The molecule has 6 rings (SSSR count). The molecule has 1 atom stereocenters. The Morgan fingerprint density at radius 3 is 2.36 bits per heavy atom. The third kappa shape index (κ3) is 5.67. The second-order valence-electron chi connectivity index (χ2n) is 8.67. The molecule has 3 heterocycles. The highest BCUT2D eigenvalue weighted by Crippen LogP contribution is 2.32. The number of tetrazole rings is 1. The van der Waals surface area contributed by atoms with Crippen molar-refractivity contribution in [1.29, 1.82) is 0 Å². The number of nitrogens with one attached hydrogen (secondary N) is 1. The van der Waals surface area contributed by atoms with Gasteiger partial charge in [-0.3, -0.25) is 4.98 Å². The molecule has 2 aliphatic carbocycles. The number of aromatic nitrogens is 8. The minimum atomic E-state index is 0.279. The van der Waals surface area contributed by atoms with E-state index in [2.05, 4.69) is 93.5 Å². The molecule has 9 heteroatoms. The van der Waals surface area contributed by atoms with Crippen LogP contribution in [0, 0.1) is 0 Å². The predicted molar refractivity (Wildman–Crippen MR) is 148 cm³/mol. The van der Waals surface area contributed by atoms with E-state index >= 15 is 0 Å². The van der Waals surface area contributed by atoms with Crippen LogP contribution in [0.5, 0.6) is 0 Å². The maximum atomic E-state index is 4.76. The summed E-state index contributed by atoms with van der Waals surface area (Å²) in [6, 6.07) is 20.6. The molecule has 1 unspecified atom stereocenters. The minimum absolute atomic E-state index is 0.279. The summed E-state index contributed by atoms with van der Waals surface area (Å²) in [5.41, 5.74) is 6.81. The normalized spacial score (nSPS) is 12.1. The predicted octanol–water partition coefficient (Wildman–Crippen LogP) is 6.07. The highest BCUT2D eigenvalue weighted by atomic mass is 127. The number of pyridine rings is 1. The Morgan fingerprint density at radius 2 is 1.78 bits per heavy atom. The third-order valence-corrected chi connectivity index (χ3v) is 6.52. The highest BCUT2D eigenvalue weighted by molar-refractivity contribution is 14.1. The van der Waals surface area contributed by atoms with Gasteiger partial charge >= 0.3 is 0 Å². The fourth-order valence-corrected chi connectivity index (χ4v) is 4.18. The lowest BCUT2D eigenvalue weighted by Crippen LogP contribution is -2.07. The van der Waals surface area contributed by atoms with Crippen LogP contribution < -0.4 is 0 Å². The van der Waals surface area contributed by atoms with Gasteiger partial charge in [-0.2, -0.15) is 5.10 Å². The van der Waals surface area contributed by atoms with E-state index in [1.807, 2.05) is 35.1 Å². The van der Waals surface area contributed by atoms with Gasteiger partial charge in [0.25, 0.3) is 0 Å². The Bertz CT molecular complexity index is 1410. The fraction of sp³-hybridized carbons (Fsp3) is 0.259. The molecule has 0 bridgehead atoms. The highest BCUT2D eigenvalue weighted by Gasteiger charge is 2.15. The van der Waals surface area contributed by atoms with E-state index in [0.29, 0.717) is 12.2 Å². The van der Waals surface area contributed by atoms with Crippen molar-refractivity contribution in [3.8, 4) is 33.6 Å². The van der Waals surface area contributed by atoms with Crippen molar-refractivity contribution < 1.29 is 0 Å². The molecule has 0 spiro atoms. The summed E-state index contributed by atoms with van der Waals surface area (Å²) < 4.78 is 2.32. The quantitative estimate of drug-likeness (QED) is 0.171. The molecule has 2 aliphatic rings. The van der Waals surface area contributed by atoms with Crippen molar-refractivity contribution in [2.24, 2.45) is 0 Å². The smallest absolute Gasteiger partial charge is 0.180 e. The lowest BCUT2D eigenvalue weighted by atomic mass is 10.0. The zero-order chi connectivity index (χ0) is 24.9. The second-order valence-corrected chi connectivity index (χ2v) is 10.5. The van der Waals surface area contributed by atoms with Gasteiger partial charge in [-0.15, -0.1) is 5.10 Å². The maximum absolute atomic E-state index is 4.76. The van der Waals surface area contributed by atoms with Crippen LogP contribution in [0.4, 0.5) is 0 Å². The third-order valence-electron chi connectivity index (χ3n) is 5.96. The average molecular weight is 590 g/mol. The Hall–Kier alpha value is -3.47. The molecule has 0 saturated heterocycles. The van der Waals surface area contributed by atoms with Gasteiger partial charge in [0.15, 0.2) is 11.6 Å². The molecule has 0 fully saturated rings. The van der Waals surface area contributed by atoms with Crippen LogP contribution in [0.25, 0.3) is 33.6 Å². The van der Waals surface area contributed by atoms with Gasteiger partial charge in [0.1, 0.15) is 5.82 Å². The molecule has 0 amide bonds. The molecular formula is C27H27IN8. The van der Waals surface area contributed by atoms with Crippen LogP contribution in [0.15, 0.2) is 66.9 Å².